The molecule has 0 radical (unpaired) electrons. The Morgan fingerprint density at radius 2 is 1.60 bits per heavy atom. The Labute approximate surface area is 207 Å². The van der Waals surface area contributed by atoms with Crippen molar-refractivity contribution in [2.75, 3.05) is 20.2 Å². The van der Waals surface area contributed by atoms with E-state index in [1.807, 2.05) is 42.5 Å². The van der Waals surface area contributed by atoms with Gasteiger partial charge in [0.25, 0.3) is 0 Å². The van der Waals surface area contributed by atoms with E-state index in [0.29, 0.717) is 19.5 Å². The molecule has 0 spiro atoms. The zero-order valence-electron chi connectivity index (χ0n) is 20.1. The van der Waals surface area contributed by atoms with E-state index in [4.69, 9.17) is 4.74 Å². The van der Waals surface area contributed by atoms with Crippen LogP contribution in [0, 0.1) is 6.92 Å². The lowest BCUT2D eigenvalue weighted by molar-refractivity contribution is 0.414. The quantitative estimate of drug-likeness (QED) is 0.340. The van der Waals surface area contributed by atoms with E-state index in [2.05, 4.69) is 54.0 Å². The van der Waals surface area contributed by atoms with Crippen molar-refractivity contribution in [1.29, 1.82) is 0 Å². The minimum Gasteiger partial charge on any atom is -0.497 e. The molecule has 0 atom stereocenters. The Balaban J connectivity index is 1.43. The highest BCUT2D eigenvalue weighted by molar-refractivity contribution is 7.88. The molecule has 0 amide bonds. The third-order valence-corrected chi connectivity index (χ3v) is 8.63. The van der Waals surface area contributed by atoms with Crippen LogP contribution in [0.5, 0.6) is 5.75 Å². The molecule has 35 heavy (non-hydrogen) atoms. The van der Waals surface area contributed by atoms with Crippen LogP contribution in [0.4, 0.5) is 0 Å². The van der Waals surface area contributed by atoms with Crippen molar-refractivity contribution >= 4 is 26.5 Å². The zero-order chi connectivity index (χ0) is 24.4. The Morgan fingerprint density at radius 3 is 2.29 bits per heavy atom. The summed E-state index contributed by atoms with van der Waals surface area (Å²) in [6, 6.07) is 26.0. The molecule has 1 aromatic heterocycles. The Kier molecular flexibility index (Phi) is 6.50. The van der Waals surface area contributed by atoms with Gasteiger partial charge in [0, 0.05) is 41.8 Å². The first-order chi connectivity index (χ1) is 17.0. The van der Waals surface area contributed by atoms with E-state index in [-0.39, 0.29) is 5.75 Å². The average molecular weight is 487 g/mol. The normalized spacial score (nSPS) is 14.7. The van der Waals surface area contributed by atoms with E-state index in [9.17, 15) is 8.42 Å². The van der Waals surface area contributed by atoms with E-state index in [0.717, 1.165) is 17.9 Å². The van der Waals surface area contributed by atoms with Crippen LogP contribution in [-0.2, 0) is 22.3 Å². The first kappa shape index (κ1) is 23.4. The fourth-order valence-corrected chi connectivity index (χ4v) is 6.43. The third-order valence-electron chi connectivity index (χ3n) is 6.81. The second-order valence-corrected chi connectivity index (χ2v) is 11.0. The van der Waals surface area contributed by atoms with Gasteiger partial charge in [0.2, 0.25) is 10.0 Å². The molecule has 1 aliphatic heterocycles. The summed E-state index contributed by atoms with van der Waals surface area (Å²) in [6.07, 6.45) is 2.80. The van der Waals surface area contributed by atoms with Gasteiger partial charge in [0.05, 0.1) is 12.9 Å². The highest BCUT2D eigenvalue weighted by atomic mass is 32.2. The predicted octanol–water partition coefficient (Wildman–Crippen LogP) is 5.63. The van der Waals surface area contributed by atoms with Gasteiger partial charge in [-0.1, -0.05) is 66.7 Å². The Bertz CT molecular complexity index is 1470. The van der Waals surface area contributed by atoms with Gasteiger partial charge in [-0.3, -0.25) is 0 Å². The highest BCUT2D eigenvalue weighted by Gasteiger charge is 2.26. The maximum Gasteiger partial charge on any atom is 0.218 e. The molecule has 4 aromatic rings. The first-order valence-corrected chi connectivity index (χ1v) is 13.5. The highest BCUT2D eigenvalue weighted by Crippen LogP contribution is 2.35. The summed E-state index contributed by atoms with van der Waals surface area (Å²) in [5.74, 6) is 0.889. The van der Waals surface area contributed by atoms with Gasteiger partial charge >= 0.3 is 0 Å². The number of fused-ring (bicyclic) bond motifs is 1. The van der Waals surface area contributed by atoms with Crippen molar-refractivity contribution in [2.45, 2.75) is 25.6 Å². The lowest BCUT2D eigenvalue weighted by Crippen LogP contribution is -2.35. The standard InChI is InChI=1S/C29H30N2O3S/c1-22-29(25-16-18-30(19-17-25)35(32,33)21-24-8-4-3-5-9-24)27-10-6-7-11-28(27)31(22)20-23-12-14-26(34-2)15-13-23/h3-16H,17-21H2,1-2H3. The van der Waals surface area contributed by atoms with Crippen molar-refractivity contribution in [3.63, 3.8) is 0 Å². The smallest absolute Gasteiger partial charge is 0.218 e. The molecule has 0 bridgehead atoms. The van der Waals surface area contributed by atoms with Crippen molar-refractivity contribution in [1.82, 2.24) is 8.87 Å². The first-order valence-electron chi connectivity index (χ1n) is 11.9. The summed E-state index contributed by atoms with van der Waals surface area (Å²) < 4.78 is 35.3. The van der Waals surface area contributed by atoms with Crippen molar-refractivity contribution in [3.05, 3.63) is 107 Å². The number of hydrogen-bond donors (Lipinski definition) is 0. The van der Waals surface area contributed by atoms with E-state index in [1.165, 1.54) is 33.3 Å². The summed E-state index contributed by atoms with van der Waals surface area (Å²) in [7, 11) is -1.69. The maximum absolute atomic E-state index is 13.0. The van der Waals surface area contributed by atoms with E-state index < -0.39 is 10.0 Å². The molecule has 3 aromatic carbocycles. The second-order valence-electron chi connectivity index (χ2n) is 8.99. The van der Waals surface area contributed by atoms with Crippen LogP contribution in [0.25, 0.3) is 16.5 Å². The van der Waals surface area contributed by atoms with Crippen molar-refractivity contribution in [3.8, 4) is 5.75 Å². The summed E-state index contributed by atoms with van der Waals surface area (Å²) in [5, 5.41) is 1.21. The zero-order valence-corrected chi connectivity index (χ0v) is 21.0. The molecule has 0 aliphatic carbocycles. The number of sulfonamides is 1. The molecule has 0 fully saturated rings. The van der Waals surface area contributed by atoms with Crippen LogP contribution in [-0.4, -0.2) is 37.5 Å². The molecule has 5 nitrogen and oxygen atoms in total. The monoisotopic (exact) mass is 486 g/mol. The molecular weight excluding hydrogens is 456 g/mol. The number of ether oxygens (including phenoxy) is 1. The number of hydrogen-bond acceptors (Lipinski definition) is 3. The molecule has 0 saturated carbocycles. The fraction of sp³-hybridized carbons (Fsp3) is 0.241. The third kappa shape index (κ3) is 4.77. The van der Waals surface area contributed by atoms with Crippen LogP contribution in [0.15, 0.2) is 84.9 Å². The number of rotatable bonds is 7. The van der Waals surface area contributed by atoms with Gasteiger partial charge in [-0.2, -0.15) is 4.31 Å². The molecule has 5 rings (SSSR count). The fourth-order valence-electron chi connectivity index (χ4n) is 4.96. The van der Waals surface area contributed by atoms with Crippen LogP contribution in [0.1, 0.15) is 28.8 Å². The van der Waals surface area contributed by atoms with E-state index >= 15 is 0 Å². The average Bonchev–Trinajstić information content (AvgIpc) is 3.16. The summed E-state index contributed by atoms with van der Waals surface area (Å²) in [4.78, 5) is 0. The van der Waals surface area contributed by atoms with Crippen LogP contribution < -0.4 is 4.74 Å². The molecule has 0 N–H and O–H groups in total. The molecule has 6 heteroatoms. The summed E-state index contributed by atoms with van der Waals surface area (Å²) >= 11 is 0. The molecule has 0 saturated heterocycles. The molecular formula is C29H30N2O3S. The minimum absolute atomic E-state index is 0.0389. The number of nitrogens with zero attached hydrogens (tertiary/aromatic N) is 2. The Hall–Kier alpha value is -3.35. The molecule has 1 aliphatic rings. The van der Waals surface area contributed by atoms with Gasteiger partial charge in [-0.15, -0.1) is 0 Å². The number of benzene rings is 3. The second kappa shape index (κ2) is 9.72. The topological polar surface area (TPSA) is 51.5 Å². The largest absolute Gasteiger partial charge is 0.497 e. The SMILES string of the molecule is COc1ccc(Cn2c(C)c(C3=CCN(S(=O)(=O)Cc4ccccc4)CC3)c3ccccc32)cc1. The molecule has 180 valence electrons. The van der Waals surface area contributed by atoms with Gasteiger partial charge in [-0.25, -0.2) is 8.42 Å². The maximum atomic E-state index is 13.0. The lowest BCUT2D eigenvalue weighted by atomic mass is 9.97. The van der Waals surface area contributed by atoms with Crippen LogP contribution in [0.3, 0.4) is 0 Å². The number of aromatic nitrogens is 1. The Morgan fingerprint density at radius 1 is 0.886 bits per heavy atom. The van der Waals surface area contributed by atoms with Crippen LogP contribution in [0.2, 0.25) is 0 Å². The number of para-hydroxylation sites is 1. The van der Waals surface area contributed by atoms with Crippen molar-refractivity contribution < 1.29 is 13.2 Å². The summed E-state index contributed by atoms with van der Waals surface area (Å²) in [6.45, 7) is 3.83. The lowest BCUT2D eigenvalue weighted by Gasteiger charge is -2.26. The van der Waals surface area contributed by atoms with Gasteiger partial charge in [0.15, 0.2) is 0 Å². The van der Waals surface area contributed by atoms with Gasteiger partial charge in [0.1, 0.15) is 5.75 Å². The van der Waals surface area contributed by atoms with Crippen molar-refractivity contribution in [2.24, 2.45) is 0 Å². The number of methoxy groups -OCH3 is 1. The predicted molar refractivity (Wildman–Crippen MR) is 142 cm³/mol. The van der Waals surface area contributed by atoms with Gasteiger partial charge < -0.3 is 9.30 Å². The van der Waals surface area contributed by atoms with Gasteiger partial charge in [-0.05, 0) is 48.2 Å². The minimum atomic E-state index is -3.36. The molecule has 0 unspecified atom stereocenters. The summed E-state index contributed by atoms with van der Waals surface area (Å²) in [5.41, 5.74) is 6.87. The van der Waals surface area contributed by atoms with Crippen LogP contribution >= 0.6 is 0 Å². The molecule has 2 heterocycles. The van der Waals surface area contributed by atoms with E-state index in [1.54, 1.807) is 11.4 Å².